The van der Waals surface area contributed by atoms with Gasteiger partial charge in [0, 0.05) is 39.0 Å². The average molecular weight is 821 g/mol. The Kier molecular flexibility index (Phi) is 40.7. The van der Waals surface area contributed by atoms with Crippen LogP contribution in [0, 0.1) is 0 Å². The van der Waals surface area contributed by atoms with E-state index < -0.39 is 18.0 Å². The molecule has 0 aliphatic rings. The average Bonchev–Trinajstić information content (AvgIpc) is 3.17. The Hall–Kier alpha value is -2.77. The number of hydrogen-bond donors (Lipinski definition) is 6. The first-order valence-electron chi connectivity index (χ1n) is 21.1. The molecule has 57 heavy (non-hydrogen) atoms. The van der Waals surface area contributed by atoms with Crippen LogP contribution >= 0.6 is 0 Å². The van der Waals surface area contributed by atoms with Crippen molar-refractivity contribution in [2.45, 2.75) is 116 Å². The first-order chi connectivity index (χ1) is 27.7. The molecule has 0 aromatic heterocycles. The summed E-state index contributed by atoms with van der Waals surface area (Å²) in [5.41, 5.74) is 0. The van der Waals surface area contributed by atoms with Crippen molar-refractivity contribution in [2.24, 2.45) is 0 Å². The van der Waals surface area contributed by atoms with Crippen molar-refractivity contribution in [3.8, 4) is 0 Å². The van der Waals surface area contributed by atoms with Gasteiger partial charge in [-0.15, -0.1) is 0 Å². The van der Waals surface area contributed by atoms with E-state index in [0.29, 0.717) is 98.8 Å². The number of ether oxygens (including phenoxy) is 6. The number of amides is 2. The third kappa shape index (κ3) is 44.2. The summed E-state index contributed by atoms with van der Waals surface area (Å²) in [4.78, 5) is 56.8. The third-order valence-electron chi connectivity index (χ3n) is 8.55. The van der Waals surface area contributed by atoms with Crippen LogP contribution in [0.5, 0.6) is 0 Å². The minimum atomic E-state index is -0.942. The number of unbranched alkanes of at least 4 members (excludes halogenated alkanes) is 12. The van der Waals surface area contributed by atoms with Gasteiger partial charge in [0.25, 0.3) is 0 Å². The fourth-order valence-electron chi connectivity index (χ4n) is 5.43. The lowest BCUT2D eigenvalue weighted by atomic mass is 10.0. The summed E-state index contributed by atoms with van der Waals surface area (Å²) in [6.07, 6.45) is 15.2. The smallest absolute Gasteiger partial charge is 0.320 e. The second-order valence-corrected chi connectivity index (χ2v) is 13.8. The Morgan fingerprint density at radius 1 is 0.456 bits per heavy atom. The predicted molar refractivity (Wildman–Crippen MR) is 215 cm³/mol. The van der Waals surface area contributed by atoms with Crippen LogP contribution < -0.4 is 21.3 Å². The SMILES string of the molecule is CC(=O)COCCOCCNC(=O)COCCOCCNCCOCCOCCNC(=O)CCC(NCCCCCCCCCCCCCCCC(=O)O)C(=O)O. The first-order valence-corrected chi connectivity index (χ1v) is 21.1. The maximum atomic E-state index is 12.2. The van der Waals surface area contributed by atoms with Crippen LogP contribution in [0.1, 0.15) is 110 Å². The van der Waals surface area contributed by atoms with Crippen molar-refractivity contribution in [3.63, 3.8) is 0 Å². The fourth-order valence-corrected chi connectivity index (χ4v) is 5.43. The quantitative estimate of drug-likeness (QED) is 0.0486. The first kappa shape index (κ1) is 54.2. The number of ketones is 1. The molecule has 1 unspecified atom stereocenters. The zero-order valence-electron chi connectivity index (χ0n) is 34.8. The summed E-state index contributed by atoms with van der Waals surface area (Å²) in [7, 11) is 0. The van der Waals surface area contributed by atoms with Crippen LogP contribution in [-0.2, 0) is 52.4 Å². The van der Waals surface area contributed by atoms with Crippen molar-refractivity contribution in [1.82, 2.24) is 21.3 Å². The second-order valence-electron chi connectivity index (χ2n) is 13.8. The molecule has 0 aromatic carbocycles. The third-order valence-corrected chi connectivity index (χ3v) is 8.55. The van der Waals surface area contributed by atoms with Gasteiger partial charge in [-0.25, -0.2) is 0 Å². The molecule has 0 bridgehead atoms. The summed E-state index contributed by atoms with van der Waals surface area (Å²) in [5, 5.41) is 29.9. The number of carbonyl (C=O) groups excluding carboxylic acids is 3. The van der Waals surface area contributed by atoms with E-state index in [4.69, 9.17) is 33.5 Å². The van der Waals surface area contributed by atoms with E-state index in [9.17, 15) is 29.1 Å². The molecule has 17 heteroatoms. The largest absolute Gasteiger partial charge is 0.481 e. The number of hydrogen-bond acceptors (Lipinski definition) is 13. The topological polar surface area (TPSA) is 229 Å². The van der Waals surface area contributed by atoms with Gasteiger partial charge in [0.15, 0.2) is 5.78 Å². The van der Waals surface area contributed by atoms with E-state index >= 15 is 0 Å². The van der Waals surface area contributed by atoms with E-state index in [1.54, 1.807) is 0 Å². The van der Waals surface area contributed by atoms with Crippen molar-refractivity contribution in [3.05, 3.63) is 0 Å². The molecular formula is C40H76N4O13. The molecule has 0 aliphatic heterocycles. The molecule has 0 spiro atoms. The van der Waals surface area contributed by atoms with Crippen molar-refractivity contribution in [2.75, 3.05) is 112 Å². The highest BCUT2D eigenvalue weighted by molar-refractivity contribution is 5.78. The summed E-state index contributed by atoms with van der Waals surface area (Å²) in [6, 6.07) is -0.744. The Morgan fingerprint density at radius 2 is 0.877 bits per heavy atom. The van der Waals surface area contributed by atoms with E-state index in [0.717, 1.165) is 38.5 Å². The number of aliphatic carboxylic acids is 2. The van der Waals surface area contributed by atoms with Gasteiger partial charge in [0.2, 0.25) is 11.8 Å². The lowest BCUT2D eigenvalue weighted by Crippen LogP contribution is -2.38. The van der Waals surface area contributed by atoms with Gasteiger partial charge in [-0.2, -0.15) is 0 Å². The molecule has 17 nitrogen and oxygen atoms in total. The van der Waals surface area contributed by atoms with Crippen LogP contribution in [0.3, 0.4) is 0 Å². The molecule has 0 rings (SSSR count). The summed E-state index contributed by atoms with van der Waals surface area (Å²) >= 11 is 0. The number of carboxylic acid groups (broad SMARTS) is 2. The number of nitrogens with one attached hydrogen (secondary N) is 4. The molecular weight excluding hydrogens is 744 g/mol. The maximum Gasteiger partial charge on any atom is 0.320 e. The summed E-state index contributed by atoms with van der Waals surface area (Å²) in [6.45, 7) is 7.98. The molecule has 0 aromatic rings. The Labute approximate surface area is 340 Å². The van der Waals surface area contributed by atoms with Crippen molar-refractivity contribution in [1.29, 1.82) is 0 Å². The monoisotopic (exact) mass is 821 g/mol. The summed E-state index contributed by atoms with van der Waals surface area (Å²) in [5.74, 6) is -2.12. The second kappa shape index (κ2) is 42.8. The van der Waals surface area contributed by atoms with Gasteiger partial charge in [-0.1, -0.05) is 70.6 Å². The molecule has 334 valence electrons. The molecule has 6 N–H and O–H groups in total. The Morgan fingerprint density at radius 3 is 1.35 bits per heavy atom. The highest BCUT2D eigenvalue weighted by Gasteiger charge is 2.17. The zero-order valence-corrected chi connectivity index (χ0v) is 34.8. The lowest BCUT2D eigenvalue weighted by molar-refractivity contribution is -0.140. The zero-order chi connectivity index (χ0) is 41.9. The normalized spacial score (nSPS) is 11.7. The van der Waals surface area contributed by atoms with Gasteiger partial charge >= 0.3 is 11.9 Å². The van der Waals surface area contributed by atoms with Gasteiger partial charge in [-0.3, -0.25) is 24.0 Å². The van der Waals surface area contributed by atoms with Crippen LogP contribution in [0.15, 0.2) is 0 Å². The van der Waals surface area contributed by atoms with Gasteiger partial charge in [0.1, 0.15) is 19.3 Å². The van der Waals surface area contributed by atoms with Crippen LogP contribution in [-0.4, -0.2) is 158 Å². The Bertz CT molecular complexity index is 993. The highest BCUT2D eigenvalue weighted by Crippen LogP contribution is 2.13. The van der Waals surface area contributed by atoms with E-state index in [1.807, 2.05) is 0 Å². The lowest BCUT2D eigenvalue weighted by Gasteiger charge is -2.14. The minimum absolute atomic E-state index is 0.0374. The van der Waals surface area contributed by atoms with Crippen molar-refractivity contribution < 1.29 is 62.6 Å². The molecule has 0 radical (unpaired) electrons. The number of Topliss-reactive ketones (excluding diaryl/α,β-unsaturated/α-hetero) is 1. The molecule has 0 saturated heterocycles. The fraction of sp³-hybridized carbons (Fsp3) is 0.875. The molecule has 0 saturated carbocycles. The predicted octanol–water partition coefficient (Wildman–Crippen LogP) is 2.87. The molecule has 0 heterocycles. The minimum Gasteiger partial charge on any atom is -0.481 e. The standard InChI is InChI=1S/C40H76N4O13/c1-35(45)33-56-31-29-55-26-22-44-38(47)34-57-32-30-53-24-20-41-19-23-52-27-28-54-25-21-43-37(46)17-16-36(40(50)51)42-18-14-12-10-8-6-4-2-3-5-7-9-11-13-15-39(48)49/h36,41-42H,2-34H2,1H3,(H,43,46)(H,44,47)(H,48,49)(H,50,51). The van der Waals surface area contributed by atoms with Crippen LogP contribution in [0.25, 0.3) is 0 Å². The molecule has 2 amide bonds. The van der Waals surface area contributed by atoms with E-state index in [2.05, 4.69) is 21.3 Å². The molecule has 0 fully saturated rings. The number of carboxylic acids is 2. The molecule has 0 aliphatic carbocycles. The Balaban J connectivity index is 3.45. The van der Waals surface area contributed by atoms with Gasteiger partial charge in [0.05, 0.1) is 66.1 Å². The maximum absolute atomic E-state index is 12.2. The van der Waals surface area contributed by atoms with Crippen molar-refractivity contribution >= 4 is 29.5 Å². The van der Waals surface area contributed by atoms with Crippen LogP contribution in [0.4, 0.5) is 0 Å². The molecule has 1 atom stereocenters. The van der Waals surface area contributed by atoms with E-state index in [-0.39, 0.29) is 50.1 Å². The number of rotatable bonds is 46. The van der Waals surface area contributed by atoms with E-state index in [1.165, 1.54) is 51.9 Å². The van der Waals surface area contributed by atoms with Gasteiger partial charge in [-0.05, 0) is 32.7 Å². The van der Waals surface area contributed by atoms with Gasteiger partial charge < -0.3 is 59.9 Å². The van der Waals surface area contributed by atoms with Crippen LogP contribution in [0.2, 0.25) is 0 Å². The highest BCUT2D eigenvalue weighted by atomic mass is 16.5. The number of carbonyl (C=O) groups is 5. The summed E-state index contributed by atoms with van der Waals surface area (Å²) < 4.78 is 32.1.